The number of nitriles is 1. The van der Waals surface area contributed by atoms with E-state index in [0.717, 1.165) is 88.3 Å². The van der Waals surface area contributed by atoms with Gasteiger partial charge in [0.05, 0.1) is 11.5 Å². The van der Waals surface area contributed by atoms with Gasteiger partial charge in [0.15, 0.2) is 11.4 Å². The molecule has 1 aliphatic carbocycles. The van der Waals surface area contributed by atoms with Crippen LogP contribution in [0.5, 0.6) is 0 Å². The lowest BCUT2D eigenvalue weighted by Gasteiger charge is -2.27. The molecule has 0 unspecified atom stereocenters. The number of anilines is 2. The van der Waals surface area contributed by atoms with Crippen molar-refractivity contribution >= 4 is 39.5 Å². The number of aliphatic carboxylic acids is 1. The number of benzene rings is 3. The third-order valence-corrected chi connectivity index (χ3v) is 11.0. The van der Waals surface area contributed by atoms with E-state index in [1.807, 2.05) is 42.7 Å². The van der Waals surface area contributed by atoms with E-state index in [9.17, 15) is 15.2 Å². The maximum Gasteiger partial charge on any atom is 0.306 e. The summed E-state index contributed by atoms with van der Waals surface area (Å²) in [5.74, 6) is 0.234. The van der Waals surface area contributed by atoms with Crippen molar-refractivity contribution in [3.63, 3.8) is 0 Å². The van der Waals surface area contributed by atoms with Gasteiger partial charge >= 0.3 is 5.97 Å². The van der Waals surface area contributed by atoms with Crippen LogP contribution in [-0.4, -0.2) is 50.1 Å². The van der Waals surface area contributed by atoms with Gasteiger partial charge in [-0.25, -0.2) is 9.97 Å². The molecule has 1 saturated carbocycles. The molecule has 3 aromatic carbocycles. The molecule has 8 rings (SSSR count). The smallest absolute Gasteiger partial charge is 0.306 e. The Morgan fingerprint density at radius 1 is 0.943 bits per heavy atom. The summed E-state index contributed by atoms with van der Waals surface area (Å²) >= 11 is 0. The van der Waals surface area contributed by atoms with Gasteiger partial charge in [0.25, 0.3) is 0 Å². The molecule has 10 heteroatoms. The number of fused-ring (bicyclic) bond motifs is 2. The van der Waals surface area contributed by atoms with Gasteiger partial charge in [-0.15, -0.1) is 0 Å². The van der Waals surface area contributed by atoms with Crippen LogP contribution in [0.4, 0.5) is 11.5 Å². The van der Waals surface area contributed by atoms with Crippen molar-refractivity contribution in [2.45, 2.75) is 71.5 Å². The van der Waals surface area contributed by atoms with Crippen molar-refractivity contribution in [1.29, 1.82) is 5.26 Å². The summed E-state index contributed by atoms with van der Waals surface area (Å²) in [6, 6.07) is 23.0. The van der Waals surface area contributed by atoms with Gasteiger partial charge in [0.2, 0.25) is 5.89 Å². The minimum atomic E-state index is -0.704. The van der Waals surface area contributed by atoms with Crippen LogP contribution in [0, 0.1) is 31.1 Å². The highest BCUT2D eigenvalue weighted by atomic mass is 16.4. The Morgan fingerprint density at radius 2 is 1.70 bits per heavy atom. The molecule has 268 valence electrons. The molecule has 53 heavy (non-hydrogen) atoms. The van der Waals surface area contributed by atoms with Gasteiger partial charge < -0.3 is 20.2 Å². The lowest BCUT2D eigenvalue weighted by atomic mass is 9.86. The number of carboxylic acids is 1. The molecule has 10 nitrogen and oxygen atoms in total. The first-order valence-corrected chi connectivity index (χ1v) is 18.6. The summed E-state index contributed by atoms with van der Waals surface area (Å²) in [5, 5.41) is 27.6. The second-order valence-electron chi connectivity index (χ2n) is 14.5. The molecular weight excluding hydrogens is 663 g/mol. The number of aromatic nitrogens is 3. The Balaban J connectivity index is 1.04. The van der Waals surface area contributed by atoms with E-state index in [1.165, 1.54) is 18.4 Å². The molecule has 3 N–H and O–H groups in total. The van der Waals surface area contributed by atoms with E-state index in [-0.39, 0.29) is 12.0 Å². The van der Waals surface area contributed by atoms with Crippen molar-refractivity contribution in [2.75, 3.05) is 18.4 Å². The van der Waals surface area contributed by atoms with Crippen LogP contribution in [-0.2, 0) is 17.9 Å². The first kappa shape index (κ1) is 34.5. The lowest BCUT2D eigenvalue weighted by Crippen LogP contribution is -2.34. The number of hydrogen-bond donors (Lipinski definition) is 3. The highest BCUT2D eigenvalue weighted by molar-refractivity contribution is 5.91. The second kappa shape index (κ2) is 14.8. The summed E-state index contributed by atoms with van der Waals surface area (Å²) < 4.78 is 6.31. The highest BCUT2D eigenvalue weighted by Gasteiger charge is 2.26. The largest absolute Gasteiger partial charge is 0.481 e. The predicted molar refractivity (Wildman–Crippen MR) is 207 cm³/mol. The predicted octanol–water partition coefficient (Wildman–Crippen LogP) is 8.67. The molecule has 2 fully saturated rings. The van der Waals surface area contributed by atoms with Crippen molar-refractivity contribution in [3.05, 3.63) is 101 Å². The monoisotopic (exact) mass is 705 g/mol. The van der Waals surface area contributed by atoms with Gasteiger partial charge in [-0.05, 0) is 135 Å². The molecule has 1 saturated heterocycles. The van der Waals surface area contributed by atoms with Crippen LogP contribution in [0.15, 0.2) is 77.5 Å². The van der Waals surface area contributed by atoms with Gasteiger partial charge in [-0.1, -0.05) is 24.3 Å². The summed E-state index contributed by atoms with van der Waals surface area (Å²) in [6.45, 7) is 7.98. The first-order chi connectivity index (χ1) is 25.8. The SMILES string of the molecule is Cc1c(Nc2nccc3cc(CN4CCCC4)cnc23)cccc1-c1cccc(-c2nc3cc(CN[C@H]4CC[C@@H](C(=O)O)CC4)cc(C#N)c3o2)c1C. The van der Waals surface area contributed by atoms with Crippen LogP contribution in [0.25, 0.3) is 44.6 Å². The molecule has 2 aliphatic rings. The fourth-order valence-corrected chi connectivity index (χ4v) is 8.03. The Bertz CT molecular complexity index is 2360. The van der Waals surface area contributed by atoms with Crippen molar-refractivity contribution in [3.8, 4) is 28.7 Å². The molecule has 0 spiro atoms. The van der Waals surface area contributed by atoms with E-state index in [2.05, 4.69) is 70.8 Å². The average Bonchev–Trinajstić information content (AvgIpc) is 3.85. The van der Waals surface area contributed by atoms with Crippen molar-refractivity contribution in [1.82, 2.24) is 25.2 Å². The third-order valence-electron chi connectivity index (χ3n) is 11.0. The molecule has 3 aromatic heterocycles. The number of oxazole rings is 1. The van der Waals surface area contributed by atoms with Crippen LogP contribution >= 0.6 is 0 Å². The second-order valence-corrected chi connectivity index (χ2v) is 14.5. The van der Waals surface area contributed by atoms with Crippen LogP contribution in [0.3, 0.4) is 0 Å². The number of pyridine rings is 2. The number of hydrogen-bond acceptors (Lipinski definition) is 9. The molecule has 0 bridgehead atoms. The Labute approximate surface area is 308 Å². The van der Waals surface area contributed by atoms with E-state index in [0.29, 0.717) is 41.9 Å². The zero-order valence-corrected chi connectivity index (χ0v) is 30.2. The van der Waals surface area contributed by atoms with Gasteiger partial charge in [-0.3, -0.25) is 14.7 Å². The van der Waals surface area contributed by atoms with Crippen molar-refractivity contribution in [2.24, 2.45) is 5.92 Å². The third kappa shape index (κ3) is 7.10. The summed E-state index contributed by atoms with van der Waals surface area (Å²) in [6.07, 6.45) is 9.36. The maximum absolute atomic E-state index is 11.3. The highest BCUT2D eigenvalue weighted by Crippen LogP contribution is 2.38. The lowest BCUT2D eigenvalue weighted by molar-refractivity contribution is -0.142. The van der Waals surface area contributed by atoms with Gasteiger partial charge in [-0.2, -0.15) is 5.26 Å². The topological polar surface area (TPSA) is 140 Å². The molecule has 6 aromatic rings. The Morgan fingerprint density at radius 3 is 2.47 bits per heavy atom. The zero-order valence-electron chi connectivity index (χ0n) is 30.2. The fourth-order valence-electron chi connectivity index (χ4n) is 8.03. The molecule has 0 atom stereocenters. The number of nitrogens with zero attached hydrogens (tertiary/aromatic N) is 5. The number of carbonyl (C=O) groups is 1. The summed E-state index contributed by atoms with van der Waals surface area (Å²) in [5.41, 5.74) is 10.6. The number of likely N-dealkylation sites (tertiary alicyclic amines) is 1. The standard InChI is InChI=1S/C43H43N7O3/c1-26-34(35-8-6-10-37(27(35)2)48-41-39-31(15-16-45-41)20-29(24-47-39)25-50-17-3-4-18-50)7-5-9-36(26)42-49-38-21-28(19-32(22-44)40(38)53-42)23-46-33-13-11-30(12-14-33)43(51)52/h5-10,15-16,19-21,24,30,33,46H,3-4,11-14,17-18,23,25H2,1-2H3,(H,45,48)(H,51,52)/t30-,33+. The maximum atomic E-state index is 11.3. The number of carboxylic acid groups (broad SMARTS) is 1. The Kier molecular flexibility index (Phi) is 9.61. The Hall–Kier alpha value is -5.63. The molecule has 0 radical (unpaired) electrons. The van der Waals surface area contributed by atoms with Crippen LogP contribution < -0.4 is 10.6 Å². The average molecular weight is 706 g/mol. The zero-order chi connectivity index (χ0) is 36.5. The number of rotatable bonds is 10. The van der Waals surface area contributed by atoms with Gasteiger partial charge in [0, 0.05) is 48.2 Å². The number of nitrogens with one attached hydrogen (secondary N) is 2. The van der Waals surface area contributed by atoms with E-state index in [1.54, 1.807) is 0 Å². The molecule has 1 aliphatic heterocycles. The summed E-state index contributed by atoms with van der Waals surface area (Å²) in [7, 11) is 0. The van der Waals surface area contributed by atoms with E-state index >= 15 is 0 Å². The normalized spacial score (nSPS) is 17.7. The van der Waals surface area contributed by atoms with Crippen LogP contribution in [0.1, 0.15) is 66.3 Å². The minimum Gasteiger partial charge on any atom is -0.481 e. The van der Waals surface area contributed by atoms with Crippen molar-refractivity contribution < 1.29 is 14.3 Å². The van der Waals surface area contributed by atoms with E-state index in [4.69, 9.17) is 14.4 Å². The summed E-state index contributed by atoms with van der Waals surface area (Å²) in [4.78, 5) is 28.3. The quantitative estimate of drug-likeness (QED) is 0.127. The van der Waals surface area contributed by atoms with Crippen LogP contribution in [0.2, 0.25) is 0 Å². The molecule has 0 amide bonds. The van der Waals surface area contributed by atoms with E-state index < -0.39 is 5.97 Å². The minimum absolute atomic E-state index is 0.250. The first-order valence-electron chi connectivity index (χ1n) is 18.6. The fraction of sp³-hybridized carbons (Fsp3) is 0.326. The molecule has 4 heterocycles. The van der Waals surface area contributed by atoms with Gasteiger partial charge in [0.1, 0.15) is 17.1 Å². The molecular formula is C43H43N7O3.